The van der Waals surface area contributed by atoms with E-state index in [1.165, 1.54) is 12.0 Å². The van der Waals surface area contributed by atoms with E-state index in [0.717, 1.165) is 37.3 Å². The van der Waals surface area contributed by atoms with Crippen molar-refractivity contribution in [3.63, 3.8) is 0 Å². The summed E-state index contributed by atoms with van der Waals surface area (Å²) >= 11 is 1.75. The zero-order valence-electron chi connectivity index (χ0n) is 12.3. The zero-order chi connectivity index (χ0) is 14.7. The number of hydrogen-bond donors (Lipinski definition) is 2. The van der Waals surface area contributed by atoms with E-state index in [-0.39, 0.29) is 5.91 Å². The van der Waals surface area contributed by atoms with Crippen LogP contribution in [0.15, 0.2) is 29.1 Å². The van der Waals surface area contributed by atoms with Gasteiger partial charge in [0, 0.05) is 37.9 Å². The van der Waals surface area contributed by atoms with Crippen LogP contribution in [-0.4, -0.2) is 35.9 Å². The molecule has 0 radical (unpaired) electrons. The summed E-state index contributed by atoms with van der Waals surface area (Å²) in [5.41, 5.74) is 3.27. The number of likely N-dealkylation sites (tertiary alicyclic amines) is 1. The lowest BCUT2D eigenvalue weighted by Gasteiger charge is -2.32. The molecule has 0 saturated carbocycles. The van der Waals surface area contributed by atoms with E-state index in [2.05, 4.69) is 32.0 Å². The van der Waals surface area contributed by atoms with Crippen molar-refractivity contribution in [3.05, 3.63) is 45.9 Å². The fourth-order valence-corrected chi connectivity index (χ4v) is 3.79. The number of thiophene rings is 1. The number of hydrogen-bond acceptors (Lipinski definition) is 3. The lowest BCUT2D eigenvalue weighted by atomic mass is 9.92. The van der Waals surface area contributed by atoms with Gasteiger partial charge in [-0.1, -0.05) is 0 Å². The van der Waals surface area contributed by atoms with E-state index in [1.807, 2.05) is 12.3 Å². The number of aromatic nitrogens is 1. The number of aromatic amines is 1. The highest BCUT2D eigenvalue weighted by Gasteiger charge is 2.25. The van der Waals surface area contributed by atoms with E-state index in [0.29, 0.717) is 5.92 Å². The molecule has 0 spiro atoms. The number of rotatable bonds is 4. The summed E-state index contributed by atoms with van der Waals surface area (Å²) in [4.78, 5) is 17.7. The molecule has 112 valence electrons. The van der Waals surface area contributed by atoms with E-state index in [1.54, 1.807) is 18.4 Å². The minimum Gasteiger partial charge on any atom is -0.364 e. The van der Waals surface area contributed by atoms with Gasteiger partial charge in [0.2, 0.25) is 0 Å². The molecule has 1 amide bonds. The SMILES string of the molecule is CNC(=O)c1cc[nH]c1C1CCCN(Cc2ccsc2)C1. The molecule has 3 heterocycles. The van der Waals surface area contributed by atoms with Crippen LogP contribution in [0.1, 0.15) is 40.4 Å². The molecule has 1 aliphatic rings. The van der Waals surface area contributed by atoms with Gasteiger partial charge in [0.15, 0.2) is 0 Å². The first kappa shape index (κ1) is 14.4. The lowest BCUT2D eigenvalue weighted by molar-refractivity contribution is 0.0960. The Hall–Kier alpha value is -1.59. The van der Waals surface area contributed by atoms with Gasteiger partial charge in [0.05, 0.1) is 5.56 Å². The summed E-state index contributed by atoms with van der Waals surface area (Å²) in [5.74, 6) is 0.417. The average molecular weight is 303 g/mol. The first-order valence-electron chi connectivity index (χ1n) is 7.40. The summed E-state index contributed by atoms with van der Waals surface area (Å²) in [6.45, 7) is 3.17. The topological polar surface area (TPSA) is 48.1 Å². The molecule has 0 aliphatic carbocycles. The standard InChI is InChI=1S/C16H21N3OS/c1-17-16(20)14-4-6-18-15(14)13-3-2-7-19(10-13)9-12-5-8-21-11-12/h4-6,8,11,13,18H,2-3,7,9-10H2,1H3,(H,17,20). The highest BCUT2D eigenvalue weighted by atomic mass is 32.1. The van der Waals surface area contributed by atoms with Gasteiger partial charge in [0.25, 0.3) is 5.91 Å². The van der Waals surface area contributed by atoms with Crippen LogP contribution in [0.3, 0.4) is 0 Å². The van der Waals surface area contributed by atoms with Crippen LogP contribution in [0.2, 0.25) is 0 Å². The van der Waals surface area contributed by atoms with E-state index < -0.39 is 0 Å². The molecule has 3 rings (SSSR count). The number of nitrogens with zero attached hydrogens (tertiary/aromatic N) is 1. The largest absolute Gasteiger partial charge is 0.364 e. The first-order valence-corrected chi connectivity index (χ1v) is 8.35. The smallest absolute Gasteiger partial charge is 0.252 e. The third-order valence-electron chi connectivity index (χ3n) is 4.15. The van der Waals surface area contributed by atoms with Crippen molar-refractivity contribution in [3.8, 4) is 0 Å². The zero-order valence-corrected chi connectivity index (χ0v) is 13.1. The van der Waals surface area contributed by atoms with Crippen LogP contribution in [0, 0.1) is 0 Å². The first-order chi connectivity index (χ1) is 10.3. The number of nitrogens with one attached hydrogen (secondary N) is 2. The molecular weight excluding hydrogens is 282 g/mol. The Bertz CT molecular complexity index is 590. The summed E-state index contributed by atoms with van der Waals surface area (Å²) in [6.07, 6.45) is 4.20. The van der Waals surface area contributed by atoms with Crippen LogP contribution >= 0.6 is 11.3 Å². The van der Waals surface area contributed by atoms with Crippen LogP contribution in [0.4, 0.5) is 0 Å². The number of piperidine rings is 1. The lowest BCUT2D eigenvalue weighted by Crippen LogP contribution is -2.34. The molecule has 21 heavy (non-hydrogen) atoms. The molecule has 5 heteroatoms. The molecule has 0 bridgehead atoms. The van der Waals surface area contributed by atoms with Gasteiger partial charge in [0.1, 0.15) is 0 Å². The van der Waals surface area contributed by atoms with E-state index in [4.69, 9.17) is 0 Å². The molecule has 1 unspecified atom stereocenters. The predicted molar refractivity (Wildman–Crippen MR) is 85.8 cm³/mol. The Morgan fingerprint density at radius 1 is 1.52 bits per heavy atom. The van der Waals surface area contributed by atoms with Crippen molar-refractivity contribution in [1.82, 2.24) is 15.2 Å². The molecule has 4 nitrogen and oxygen atoms in total. The molecular formula is C16H21N3OS. The molecule has 0 aromatic carbocycles. The van der Waals surface area contributed by atoms with Crippen molar-refractivity contribution < 1.29 is 4.79 Å². The quantitative estimate of drug-likeness (QED) is 0.912. The highest BCUT2D eigenvalue weighted by Crippen LogP contribution is 2.29. The second kappa shape index (κ2) is 6.45. The Morgan fingerprint density at radius 3 is 3.19 bits per heavy atom. The van der Waals surface area contributed by atoms with Crippen LogP contribution in [0.25, 0.3) is 0 Å². The van der Waals surface area contributed by atoms with Crippen molar-refractivity contribution in [2.45, 2.75) is 25.3 Å². The fraction of sp³-hybridized carbons (Fsp3) is 0.438. The van der Waals surface area contributed by atoms with Gasteiger partial charge < -0.3 is 10.3 Å². The van der Waals surface area contributed by atoms with Crippen molar-refractivity contribution >= 4 is 17.2 Å². The van der Waals surface area contributed by atoms with Gasteiger partial charge in [-0.3, -0.25) is 9.69 Å². The molecule has 2 aromatic rings. The second-order valence-corrected chi connectivity index (χ2v) is 6.37. The number of H-pyrrole nitrogens is 1. The van der Waals surface area contributed by atoms with E-state index in [9.17, 15) is 4.79 Å². The Kier molecular flexibility index (Phi) is 4.41. The van der Waals surface area contributed by atoms with Gasteiger partial charge in [-0.15, -0.1) is 0 Å². The minimum absolute atomic E-state index is 0.00112. The van der Waals surface area contributed by atoms with Crippen LogP contribution in [0.5, 0.6) is 0 Å². The Morgan fingerprint density at radius 2 is 2.43 bits per heavy atom. The summed E-state index contributed by atoms with van der Waals surface area (Å²) < 4.78 is 0. The van der Waals surface area contributed by atoms with Crippen molar-refractivity contribution in [1.29, 1.82) is 0 Å². The van der Waals surface area contributed by atoms with Gasteiger partial charge in [-0.05, 0) is 47.8 Å². The summed E-state index contributed by atoms with van der Waals surface area (Å²) in [6, 6.07) is 4.07. The predicted octanol–water partition coefficient (Wildman–Crippen LogP) is 2.82. The number of carbonyl (C=O) groups is 1. The second-order valence-electron chi connectivity index (χ2n) is 5.59. The average Bonchev–Trinajstić information content (AvgIpc) is 3.17. The number of amides is 1. The molecule has 1 saturated heterocycles. The third-order valence-corrected chi connectivity index (χ3v) is 4.88. The third kappa shape index (κ3) is 3.19. The Balaban J connectivity index is 1.71. The minimum atomic E-state index is 0.00112. The fourth-order valence-electron chi connectivity index (χ4n) is 3.13. The van der Waals surface area contributed by atoms with Crippen molar-refractivity contribution in [2.75, 3.05) is 20.1 Å². The van der Waals surface area contributed by atoms with Crippen molar-refractivity contribution in [2.24, 2.45) is 0 Å². The van der Waals surface area contributed by atoms with Gasteiger partial charge in [-0.25, -0.2) is 0 Å². The molecule has 2 aromatic heterocycles. The monoisotopic (exact) mass is 303 g/mol. The Labute approximate surface area is 129 Å². The maximum Gasteiger partial charge on any atom is 0.252 e. The summed E-state index contributed by atoms with van der Waals surface area (Å²) in [5, 5.41) is 7.07. The van der Waals surface area contributed by atoms with Crippen LogP contribution in [-0.2, 0) is 6.54 Å². The van der Waals surface area contributed by atoms with Gasteiger partial charge >= 0.3 is 0 Å². The van der Waals surface area contributed by atoms with Gasteiger partial charge in [-0.2, -0.15) is 11.3 Å². The highest BCUT2D eigenvalue weighted by molar-refractivity contribution is 7.07. The molecule has 1 atom stereocenters. The molecule has 2 N–H and O–H groups in total. The molecule has 1 aliphatic heterocycles. The summed E-state index contributed by atoms with van der Waals surface area (Å²) in [7, 11) is 1.68. The maximum atomic E-state index is 11.9. The van der Waals surface area contributed by atoms with E-state index >= 15 is 0 Å². The number of carbonyl (C=O) groups excluding carboxylic acids is 1. The molecule has 1 fully saturated rings. The van der Waals surface area contributed by atoms with Crippen LogP contribution < -0.4 is 5.32 Å². The maximum absolute atomic E-state index is 11.9. The normalized spacial score (nSPS) is 19.6.